The average Bonchev–Trinajstić information content (AvgIpc) is 2.72. The van der Waals surface area contributed by atoms with Gasteiger partial charge < -0.3 is 4.74 Å². The highest BCUT2D eigenvalue weighted by Gasteiger charge is 2.31. The lowest BCUT2D eigenvalue weighted by atomic mass is 9.83. The van der Waals surface area contributed by atoms with Gasteiger partial charge in [0.05, 0.1) is 12.7 Å². The Morgan fingerprint density at radius 2 is 1.56 bits per heavy atom. The fraction of sp³-hybridized carbons (Fsp3) is 1.00. The van der Waals surface area contributed by atoms with E-state index in [-0.39, 0.29) is 0 Å². The number of hydrogen-bond donors (Lipinski definition) is 1. The molecule has 0 radical (unpaired) electrons. The molecule has 0 aromatic carbocycles. The third kappa shape index (κ3) is 3.40. The summed E-state index contributed by atoms with van der Waals surface area (Å²) in [6.07, 6.45) is 14.2. The van der Waals surface area contributed by atoms with Gasteiger partial charge >= 0.3 is 0 Å². The van der Waals surface area contributed by atoms with Crippen molar-refractivity contribution in [3.8, 4) is 0 Å². The van der Waals surface area contributed by atoms with Crippen LogP contribution in [0, 0.1) is 5.41 Å². The van der Waals surface area contributed by atoms with Crippen molar-refractivity contribution < 1.29 is 4.74 Å². The molecule has 2 fully saturated rings. The van der Waals surface area contributed by atoms with Gasteiger partial charge in [0.1, 0.15) is 0 Å². The normalized spacial score (nSPS) is 26.8. The van der Waals surface area contributed by atoms with Crippen LogP contribution in [-0.4, -0.2) is 18.5 Å². The van der Waals surface area contributed by atoms with Crippen molar-refractivity contribution in [1.29, 1.82) is 0 Å². The fourth-order valence-electron chi connectivity index (χ4n) is 3.18. The SMILES string of the molecule is SCC1(COC2CCCC2)CCCCCC1. The molecule has 2 saturated carbocycles. The van der Waals surface area contributed by atoms with Gasteiger partial charge in [0.25, 0.3) is 0 Å². The lowest BCUT2D eigenvalue weighted by Gasteiger charge is -2.32. The van der Waals surface area contributed by atoms with Crippen LogP contribution in [0.3, 0.4) is 0 Å². The molecule has 2 aliphatic rings. The molecule has 0 unspecified atom stereocenters. The van der Waals surface area contributed by atoms with E-state index >= 15 is 0 Å². The molecule has 0 aromatic heterocycles. The predicted octanol–water partition coefficient (Wildman–Crippen LogP) is 4.22. The van der Waals surface area contributed by atoms with Crippen LogP contribution < -0.4 is 0 Å². The number of hydrogen-bond acceptors (Lipinski definition) is 2. The Hall–Kier alpha value is 0.310. The minimum Gasteiger partial charge on any atom is -0.378 e. The van der Waals surface area contributed by atoms with Crippen molar-refractivity contribution in [2.24, 2.45) is 5.41 Å². The van der Waals surface area contributed by atoms with E-state index in [2.05, 4.69) is 12.6 Å². The van der Waals surface area contributed by atoms with E-state index in [0.29, 0.717) is 11.5 Å². The summed E-state index contributed by atoms with van der Waals surface area (Å²) in [6.45, 7) is 0.973. The molecular formula is C14H26OS. The maximum absolute atomic E-state index is 6.14. The molecule has 2 heteroatoms. The van der Waals surface area contributed by atoms with E-state index in [1.54, 1.807) is 0 Å². The maximum atomic E-state index is 6.14. The smallest absolute Gasteiger partial charge is 0.0575 e. The zero-order chi connectivity index (χ0) is 11.3. The highest BCUT2D eigenvalue weighted by molar-refractivity contribution is 7.80. The molecule has 0 N–H and O–H groups in total. The Morgan fingerprint density at radius 1 is 0.938 bits per heavy atom. The first-order chi connectivity index (χ1) is 7.85. The zero-order valence-corrected chi connectivity index (χ0v) is 11.3. The van der Waals surface area contributed by atoms with E-state index in [9.17, 15) is 0 Å². The first kappa shape index (κ1) is 12.8. The Labute approximate surface area is 106 Å². The van der Waals surface area contributed by atoms with Gasteiger partial charge in [-0.1, -0.05) is 38.5 Å². The van der Waals surface area contributed by atoms with Gasteiger partial charge in [-0.3, -0.25) is 0 Å². The van der Waals surface area contributed by atoms with Crippen molar-refractivity contribution in [3.63, 3.8) is 0 Å². The third-order valence-corrected chi connectivity index (χ3v) is 5.10. The van der Waals surface area contributed by atoms with Crippen LogP contribution in [0.25, 0.3) is 0 Å². The molecule has 2 aliphatic carbocycles. The molecule has 2 rings (SSSR count). The Bertz CT molecular complexity index is 191. The van der Waals surface area contributed by atoms with Crippen LogP contribution in [0.4, 0.5) is 0 Å². The highest BCUT2D eigenvalue weighted by Crippen LogP contribution is 2.37. The summed E-state index contributed by atoms with van der Waals surface area (Å²) >= 11 is 4.59. The Kier molecular flexibility index (Phi) is 5.02. The molecule has 1 nitrogen and oxygen atoms in total. The summed E-state index contributed by atoms with van der Waals surface area (Å²) in [6, 6.07) is 0. The van der Waals surface area contributed by atoms with Crippen LogP contribution in [0.5, 0.6) is 0 Å². The quantitative estimate of drug-likeness (QED) is 0.574. The van der Waals surface area contributed by atoms with Gasteiger partial charge in [0, 0.05) is 5.41 Å². The lowest BCUT2D eigenvalue weighted by molar-refractivity contribution is -0.00360. The molecule has 0 spiro atoms. The van der Waals surface area contributed by atoms with Crippen LogP contribution >= 0.6 is 12.6 Å². The number of thiol groups is 1. The highest BCUT2D eigenvalue weighted by atomic mass is 32.1. The molecule has 0 saturated heterocycles. The van der Waals surface area contributed by atoms with Crippen molar-refractivity contribution in [2.75, 3.05) is 12.4 Å². The Balaban J connectivity index is 1.81. The van der Waals surface area contributed by atoms with Crippen molar-refractivity contribution in [1.82, 2.24) is 0 Å². The predicted molar refractivity (Wildman–Crippen MR) is 72.2 cm³/mol. The summed E-state index contributed by atoms with van der Waals surface area (Å²) in [5.41, 5.74) is 0.405. The summed E-state index contributed by atoms with van der Waals surface area (Å²) in [4.78, 5) is 0. The largest absolute Gasteiger partial charge is 0.378 e. The topological polar surface area (TPSA) is 9.23 Å². The van der Waals surface area contributed by atoms with E-state index in [4.69, 9.17) is 4.74 Å². The molecule has 0 heterocycles. The number of ether oxygens (including phenoxy) is 1. The maximum Gasteiger partial charge on any atom is 0.0575 e. The minimum atomic E-state index is 0.405. The monoisotopic (exact) mass is 242 g/mol. The van der Waals surface area contributed by atoms with E-state index in [1.807, 2.05) is 0 Å². The fourth-order valence-corrected chi connectivity index (χ4v) is 3.58. The molecule has 94 valence electrons. The van der Waals surface area contributed by atoms with Gasteiger partial charge in [-0.2, -0.15) is 12.6 Å². The third-order valence-electron chi connectivity index (χ3n) is 4.43. The molecular weight excluding hydrogens is 216 g/mol. The molecule has 0 amide bonds. The summed E-state index contributed by atoms with van der Waals surface area (Å²) in [5, 5.41) is 0. The van der Waals surface area contributed by atoms with Crippen molar-refractivity contribution >= 4 is 12.6 Å². The molecule has 0 atom stereocenters. The average molecular weight is 242 g/mol. The summed E-state index contributed by atoms with van der Waals surface area (Å²) in [7, 11) is 0. The van der Waals surface area contributed by atoms with Crippen LogP contribution in [0.1, 0.15) is 64.2 Å². The Morgan fingerprint density at radius 3 is 2.12 bits per heavy atom. The molecule has 16 heavy (non-hydrogen) atoms. The van der Waals surface area contributed by atoms with Gasteiger partial charge in [0.2, 0.25) is 0 Å². The van der Waals surface area contributed by atoms with Crippen molar-refractivity contribution in [3.05, 3.63) is 0 Å². The molecule has 0 aliphatic heterocycles. The van der Waals surface area contributed by atoms with Gasteiger partial charge in [-0.15, -0.1) is 0 Å². The van der Waals surface area contributed by atoms with E-state index < -0.39 is 0 Å². The van der Waals surface area contributed by atoms with E-state index in [0.717, 1.165) is 12.4 Å². The van der Waals surface area contributed by atoms with E-state index in [1.165, 1.54) is 64.2 Å². The second-order valence-electron chi connectivity index (χ2n) is 5.79. The van der Waals surface area contributed by atoms with Crippen LogP contribution in [-0.2, 0) is 4.74 Å². The van der Waals surface area contributed by atoms with Gasteiger partial charge in [-0.05, 0) is 31.4 Å². The second kappa shape index (κ2) is 6.30. The minimum absolute atomic E-state index is 0.405. The van der Waals surface area contributed by atoms with Gasteiger partial charge in [-0.25, -0.2) is 0 Å². The van der Waals surface area contributed by atoms with Gasteiger partial charge in [0.15, 0.2) is 0 Å². The molecule has 0 bridgehead atoms. The lowest BCUT2D eigenvalue weighted by Crippen LogP contribution is -2.30. The second-order valence-corrected chi connectivity index (χ2v) is 6.11. The van der Waals surface area contributed by atoms with Crippen LogP contribution in [0.15, 0.2) is 0 Å². The first-order valence-electron chi connectivity index (χ1n) is 7.07. The van der Waals surface area contributed by atoms with Crippen LogP contribution in [0.2, 0.25) is 0 Å². The number of rotatable bonds is 4. The summed E-state index contributed by atoms with van der Waals surface area (Å²) < 4.78 is 6.14. The summed E-state index contributed by atoms with van der Waals surface area (Å²) in [5.74, 6) is 1.01. The molecule has 0 aromatic rings. The standard InChI is InChI=1S/C14H26OS/c16-12-14(9-5-1-2-6-10-14)11-15-13-7-3-4-8-13/h13,16H,1-12H2. The first-order valence-corrected chi connectivity index (χ1v) is 7.70. The zero-order valence-electron chi connectivity index (χ0n) is 10.4. The van der Waals surface area contributed by atoms with Crippen molar-refractivity contribution in [2.45, 2.75) is 70.3 Å².